The lowest BCUT2D eigenvalue weighted by atomic mass is 10.1. The quantitative estimate of drug-likeness (QED) is 0.606. The van der Waals surface area contributed by atoms with Gasteiger partial charge in [-0.2, -0.15) is 0 Å². The SMILES string of the molecule is C=CCOc1cccc(C=C(NC(=O)c2ccccc2)C(=O)O)c1. The Balaban J connectivity index is 2.21. The molecule has 0 bridgehead atoms. The van der Waals surface area contributed by atoms with Crippen LogP contribution in [0, 0.1) is 0 Å². The van der Waals surface area contributed by atoms with Crippen LogP contribution >= 0.6 is 0 Å². The number of carboxylic acids is 1. The van der Waals surface area contributed by atoms with Gasteiger partial charge in [-0.05, 0) is 35.9 Å². The summed E-state index contributed by atoms with van der Waals surface area (Å²) in [5.74, 6) is -1.12. The predicted octanol–water partition coefficient (Wildman–Crippen LogP) is 3.11. The van der Waals surface area contributed by atoms with Gasteiger partial charge in [0, 0.05) is 5.56 Å². The van der Waals surface area contributed by atoms with Gasteiger partial charge in [-0.3, -0.25) is 4.79 Å². The fourth-order valence-electron chi connectivity index (χ4n) is 1.95. The molecule has 0 aromatic heterocycles. The maximum atomic E-state index is 12.1. The van der Waals surface area contributed by atoms with Crippen LogP contribution in [0.2, 0.25) is 0 Å². The first-order valence-electron chi connectivity index (χ1n) is 7.25. The van der Waals surface area contributed by atoms with Crippen LogP contribution in [-0.2, 0) is 4.79 Å². The number of hydrogen-bond donors (Lipinski definition) is 2. The van der Waals surface area contributed by atoms with Gasteiger partial charge < -0.3 is 15.2 Å². The highest BCUT2D eigenvalue weighted by Crippen LogP contribution is 2.16. The largest absolute Gasteiger partial charge is 0.490 e. The van der Waals surface area contributed by atoms with E-state index in [1.54, 1.807) is 60.7 Å². The van der Waals surface area contributed by atoms with Gasteiger partial charge in [-0.15, -0.1) is 0 Å². The van der Waals surface area contributed by atoms with E-state index in [9.17, 15) is 14.7 Å². The summed E-state index contributed by atoms with van der Waals surface area (Å²) in [5, 5.41) is 11.7. The van der Waals surface area contributed by atoms with Crippen LogP contribution in [0.3, 0.4) is 0 Å². The Morgan fingerprint density at radius 2 is 1.88 bits per heavy atom. The van der Waals surface area contributed by atoms with Crippen molar-refractivity contribution in [3.8, 4) is 5.75 Å². The number of ether oxygens (including phenoxy) is 1. The zero-order valence-corrected chi connectivity index (χ0v) is 12.9. The van der Waals surface area contributed by atoms with E-state index in [0.29, 0.717) is 23.5 Å². The minimum atomic E-state index is -1.23. The van der Waals surface area contributed by atoms with Crippen molar-refractivity contribution in [1.82, 2.24) is 5.32 Å². The van der Waals surface area contributed by atoms with Crippen molar-refractivity contribution >= 4 is 18.0 Å². The Morgan fingerprint density at radius 3 is 2.54 bits per heavy atom. The highest BCUT2D eigenvalue weighted by molar-refractivity contribution is 6.02. The topological polar surface area (TPSA) is 75.6 Å². The molecule has 2 rings (SSSR count). The van der Waals surface area contributed by atoms with E-state index in [1.165, 1.54) is 6.08 Å². The molecule has 2 aromatic rings. The Morgan fingerprint density at radius 1 is 1.12 bits per heavy atom. The highest BCUT2D eigenvalue weighted by atomic mass is 16.5. The summed E-state index contributed by atoms with van der Waals surface area (Å²) >= 11 is 0. The van der Waals surface area contributed by atoms with Crippen LogP contribution in [0.5, 0.6) is 5.75 Å². The highest BCUT2D eigenvalue weighted by Gasteiger charge is 2.13. The summed E-state index contributed by atoms with van der Waals surface area (Å²) in [7, 11) is 0. The number of rotatable bonds is 7. The van der Waals surface area contributed by atoms with Crippen LogP contribution in [-0.4, -0.2) is 23.6 Å². The van der Waals surface area contributed by atoms with Crippen molar-refractivity contribution < 1.29 is 19.4 Å². The van der Waals surface area contributed by atoms with Crippen LogP contribution in [0.4, 0.5) is 0 Å². The first-order valence-corrected chi connectivity index (χ1v) is 7.25. The number of hydrogen-bond acceptors (Lipinski definition) is 3. The average molecular weight is 323 g/mol. The van der Waals surface area contributed by atoms with Crippen LogP contribution in [0.1, 0.15) is 15.9 Å². The normalized spacial score (nSPS) is 10.8. The van der Waals surface area contributed by atoms with Crippen LogP contribution in [0.15, 0.2) is 72.9 Å². The molecule has 0 aliphatic rings. The van der Waals surface area contributed by atoms with Gasteiger partial charge in [0.05, 0.1) is 0 Å². The average Bonchev–Trinajstić information content (AvgIpc) is 2.60. The molecule has 0 radical (unpaired) electrons. The number of aliphatic carboxylic acids is 1. The minimum Gasteiger partial charge on any atom is -0.490 e. The molecule has 0 saturated carbocycles. The van der Waals surface area contributed by atoms with Crippen molar-refractivity contribution in [3.05, 3.63) is 84.1 Å². The third-order valence-electron chi connectivity index (χ3n) is 3.05. The molecule has 0 aliphatic carbocycles. The lowest BCUT2D eigenvalue weighted by Gasteiger charge is -2.07. The first-order chi connectivity index (χ1) is 11.6. The predicted molar refractivity (Wildman–Crippen MR) is 91.7 cm³/mol. The maximum Gasteiger partial charge on any atom is 0.352 e. The van der Waals surface area contributed by atoms with Gasteiger partial charge in [0.25, 0.3) is 5.91 Å². The molecule has 0 unspecified atom stereocenters. The van der Waals surface area contributed by atoms with Gasteiger partial charge in [-0.1, -0.05) is 43.0 Å². The van der Waals surface area contributed by atoms with Crippen molar-refractivity contribution in [3.63, 3.8) is 0 Å². The van der Waals surface area contributed by atoms with Crippen molar-refractivity contribution in [2.24, 2.45) is 0 Å². The second-order valence-corrected chi connectivity index (χ2v) is 4.86. The number of carbonyl (C=O) groups excluding carboxylic acids is 1. The number of carbonyl (C=O) groups is 2. The summed E-state index contributed by atoms with van der Waals surface area (Å²) in [5.41, 5.74) is 0.764. The van der Waals surface area contributed by atoms with E-state index < -0.39 is 11.9 Å². The van der Waals surface area contributed by atoms with Crippen molar-refractivity contribution in [2.45, 2.75) is 0 Å². The molecule has 122 valence electrons. The van der Waals surface area contributed by atoms with Crippen LogP contribution < -0.4 is 10.1 Å². The molecule has 1 amide bonds. The zero-order valence-electron chi connectivity index (χ0n) is 12.9. The molecule has 0 fully saturated rings. The Kier molecular flexibility index (Phi) is 5.91. The molecule has 5 heteroatoms. The van der Waals surface area contributed by atoms with Gasteiger partial charge in [-0.25, -0.2) is 4.79 Å². The van der Waals surface area contributed by atoms with Crippen LogP contribution in [0.25, 0.3) is 6.08 Å². The molecule has 0 heterocycles. The van der Waals surface area contributed by atoms with Gasteiger partial charge >= 0.3 is 5.97 Å². The third kappa shape index (κ3) is 4.84. The molecule has 0 spiro atoms. The molecule has 0 atom stereocenters. The molecular formula is C19H17NO4. The van der Waals surface area contributed by atoms with Crippen molar-refractivity contribution in [1.29, 1.82) is 0 Å². The maximum absolute atomic E-state index is 12.1. The van der Waals surface area contributed by atoms with E-state index in [2.05, 4.69) is 11.9 Å². The molecule has 2 aromatic carbocycles. The van der Waals surface area contributed by atoms with E-state index >= 15 is 0 Å². The molecule has 0 saturated heterocycles. The third-order valence-corrected chi connectivity index (χ3v) is 3.05. The molecule has 2 N–H and O–H groups in total. The van der Waals surface area contributed by atoms with Gasteiger partial charge in [0.15, 0.2) is 0 Å². The Labute approximate surface area is 139 Å². The first kappa shape index (κ1) is 17.0. The molecule has 0 aliphatic heterocycles. The van der Waals surface area contributed by atoms with E-state index in [-0.39, 0.29) is 5.70 Å². The standard InChI is InChI=1S/C19H17NO4/c1-2-11-24-16-10-6-7-14(12-16)13-17(19(22)23)20-18(21)15-8-4-3-5-9-15/h2-10,12-13H,1,11H2,(H,20,21)(H,22,23). The summed E-state index contributed by atoms with van der Waals surface area (Å²) in [6.07, 6.45) is 3.00. The Hall–Kier alpha value is -3.34. The summed E-state index contributed by atoms with van der Waals surface area (Å²) in [6.45, 7) is 3.92. The summed E-state index contributed by atoms with van der Waals surface area (Å²) < 4.78 is 5.41. The van der Waals surface area contributed by atoms with E-state index in [1.807, 2.05) is 0 Å². The summed E-state index contributed by atoms with van der Waals surface area (Å²) in [6, 6.07) is 15.3. The lowest BCUT2D eigenvalue weighted by Crippen LogP contribution is -2.27. The second-order valence-electron chi connectivity index (χ2n) is 4.86. The minimum absolute atomic E-state index is 0.218. The van der Waals surface area contributed by atoms with E-state index in [4.69, 9.17) is 4.74 Å². The van der Waals surface area contributed by atoms with Crippen molar-refractivity contribution in [2.75, 3.05) is 6.61 Å². The fraction of sp³-hybridized carbons (Fsp3) is 0.0526. The van der Waals surface area contributed by atoms with Gasteiger partial charge in [0.2, 0.25) is 0 Å². The van der Waals surface area contributed by atoms with Gasteiger partial charge in [0.1, 0.15) is 18.1 Å². The smallest absolute Gasteiger partial charge is 0.352 e. The second kappa shape index (κ2) is 8.33. The molecule has 24 heavy (non-hydrogen) atoms. The fourth-order valence-corrected chi connectivity index (χ4v) is 1.95. The number of nitrogens with one attached hydrogen (secondary N) is 1. The number of amides is 1. The number of carboxylic acid groups (broad SMARTS) is 1. The Bertz CT molecular complexity index is 766. The van der Waals surface area contributed by atoms with E-state index in [0.717, 1.165) is 0 Å². The summed E-state index contributed by atoms with van der Waals surface area (Å²) in [4.78, 5) is 23.5. The lowest BCUT2D eigenvalue weighted by molar-refractivity contribution is -0.132. The molecular weight excluding hydrogens is 306 g/mol. The molecule has 5 nitrogen and oxygen atoms in total. The zero-order chi connectivity index (χ0) is 17.4. The number of benzene rings is 2. The monoisotopic (exact) mass is 323 g/mol.